The molecule has 1 unspecified atom stereocenters. The second kappa shape index (κ2) is 13.8. The van der Waals surface area contributed by atoms with Gasteiger partial charge in [0.15, 0.2) is 0 Å². The number of halogens is 4. The van der Waals surface area contributed by atoms with Crippen molar-refractivity contribution in [3.05, 3.63) is 82.8 Å². The van der Waals surface area contributed by atoms with Crippen LogP contribution in [-0.2, 0) is 27.1 Å². The van der Waals surface area contributed by atoms with Crippen LogP contribution >= 0.6 is 0 Å². The van der Waals surface area contributed by atoms with E-state index in [9.17, 15) is 32.8 Å². The second-order valence-corrected chi connectivity index (χ2v) is 11.7. The lowest BCUT2D eigenvalue weighted by atomic mass is 10.0. The lowest BCUT2D eigenvalue weighted by molar-refractivity contribution is -0.138. The molecule has 1 saturated heterocycles. The Morgan fingerprint density at radius 1 is 1.12 bits per heavy atom. The number of aryl methyl sites for hydroxylation is 1. The number of ether oxygens (including phenoxy) is 1. The van der Waals surface area contributed by atoms with Gasteiger partial charge in [-0.25, -0.2) is 14.2 Å². The van der Waals surface area contributed by atoms with Crippen molar-refractivity contribution in [3.8, 4) is 6.07 Å². The predicted octanol–water partition coefficient (Wildman–Crippen LogP) is 4.55. The van der Waals surface area contributed by atoms with E-state index in [1.54, 1.807) is 30.1 Å². The summed E-state index contributed by atoms with van der Waals surface area (Å²) in [6.07, 6.45) is -5.56. The Bertz CT molecular complexity index is 1750. The van der Waals surface area contributed by atoms with E-state index in [4.69, 9.17) is 4.74 Å². The smallest absolute Gasteiger partial charge is 0.417 e. The molecule has 3 heterocycles. The Balaban J connectivity index is 1.42. The van der Waals surface area contributed by atoms with Crippen LogP contribution in [0.15, 0.2) is 54.6 Å². The van der Waals surface area contributed by atoms with Gasteiger partial charge in [-0.15, -0.1) is 0 Å². The zero-order chi connectivity index (χ0) is 34.7. The molecular formula is C33H33F4N7O4. The summed E-state index contributed by atoms with van der Waals surface area (Å²) >= 11 is 0. The van der Waals surface area contributed by atoms with E-state index in [0.29, 0.717) is 0 Å². The fourth-order valence-corrected chi connectivity index (χ4v) is 5.86. The van der Waals surface area contributed by atoms with Gasteiger partial charge in [0.25, 0.3) is 0 Å². The first-order valence-corrected chi connectivity index (χ1v) is 15.1. The molecule has 2 atom stereocenters. The van der Waals surface area contributed by atoms with Gasteiger partial charge in [0.2, 0.25) is 11.8 Å². The van der Waals surface area contributed by atoms with Crippen LogP contribution < -0.4 is 15.1 Å². The van der Waals surface area contributed by atoms with Crippen molar-refractivity contribution in [2.24, 2.45) is 0 Å². The van der Waals surface area contributed by atoms with E-state index in [1.165, 1.54) is 46.9 Å². The molecule has 2 aliphatic rings. The molecular weight excluding hydrogens is 634 g/mol. The maximum absolute atomic E-state index is 15.6. The summed E-state index contributed by atoms with van der Waals surface area (Å²) in [4.78, 5) is 49.4. The van der Waals surface area contributed by atoms with Crippen LogP contribution in [0.2, 0.25) is 0 Å². The van der Waals surface area contributed by atoms with Crippen molar-refractivity contribution < 1.29 is 36.7 Å². The zero-order valence-corrected chi connectivity index (χ0v) is 26.4. The van der Waals surface area contributed by atoms with E-state index in [-0.39, 0.29) is 62.2 Å². The highest BCUT2D eigenvalue weighted by Gasteiger charge is 2.39. The molecule has 1 N–H and O–H groups in total. The van der Waals surface area contributed by atoms with Gasteiger partial charge >= 0.3 is 12.3 Å². The number of fused-ring (bicyclic) bond motifs is 1. The molecule has 2 aromatic carbocycles. The van der Waals surface area contributed by atoms with Crippen molar-refractivity contribution in [2.45, 2.75) is 38.2 Å². The molecule has 15 heteroatoms. The number of likely N-dealkylation sites (N-methyl/N-ethyl adjacent to an activating group) is 2. The molecule has 0 aliphatic carbocycles. The van der Waals surface area contributed by atoms with Crippen molar-refractivity contribution in [3.63, 3.8) is 0 Å². The molecule has 11 nitrogen and oxygen atoms in total. The van der Waals surface area contributed by atoms with Gasteiger partial charge in [-0.1, -0.05) is 36.4 Å². The molecule has 3 aromatic rings. The third-order valence-corrected chi connectivity index (χ3v) is 8.43. The number of hydrogen-bond acceptors (Lipinski definition) is 8. The topological polar surface area (TPSA) is 122 Å². The molecule has 5 rings (SSSR count). The number of nitrogens with zero attached hydrogens (tertiary/aromatic N) is 6. The van der Waals surface area contributed by atoms with E-state index < -0.39 is 53.0 Å². The summed E-state index contributed by atoms with van der Waals surface area (Å²) in [5.41, 5.74) is -0.907. The Kier molecular flexibility index (Phi) is 9.74. The summed E-state index contributed by atoms with van der Waals surface area (Å²) in [6, 6.07) is 13.8. The number of aromatic nitrogens is 1. The van der Waals surface area contributed by atoms with Crippen LogP contribution in [0.1, 0.15) is 28.8 Å². The Morgan fingerprint density at radius 2 is 1.85 bits per heavy atom. The molecule has 2 aliphatic heterocycles. The van der Waals surface area contributed by atoms with Crippen LogP contribution in [0.25, 0.3) is 0 Å². The van der Waals surface area contributed by atoms with Crippen molar-refractivity contribution in [2.75, 3.05) is 55.4 Å². The number of nitriles is 1. The zero-order valence-electron chi connectivity index (χ0n) is 26.4. The third kappa shape index (κ3) is 7.12. The summed E-state index contributed by atoms with van der Waals surface area (Å²) < 4.78 is 62.4. The van der Waals surface area contributed by atoms with Crippen LogP contribution in [0.3, 0.4) is 0 Å². The number of para-hydroxylation sites is 1. The van der Waals surface area contributed by atoms with Gasteiger partial charge in [0, 0.05) is 39.4 Å². The number of amides is 3. The van der Waals surface area contributed by atoms with Crippen LogP contribution in [0, 0.1) is 24.1 Å². The minimum atomic E-state index is -4.84. The molecule has 1 fully saturated rings. The van der Waals surface area contributed by atoms with E-state index in [0.717, 1.165) is 11.6 Å². The largest absolute Gasteiger partial charge is 0.445 e. The second-order valence-electron chi connectivity index (χ2n) is 11.7. The van der Waals surface area contributed by atoms with Gasteiger partial charge in [-0.2, -0.15) is 18.4 Å². The van der Waals surface area contributed by atoms with Gasteiger partial charge in [-0.3, -0.25) is 14.5 Å². The van der Waals surface area contributed by atoms with Gasteiger partial charge < -0.3 is 24.8 Å². The number of carbonyl (C=O) groups is 3. The molecule has 0 saturated carbocycles. The van der Waals surface area contributed by atoms with Gasteiger partial charge in [0.05, 0.1) is 23.0 Å². The Morgan fingerprint density at radius 3 is 2.54 bits per heavy atom. The number of anilines is 3. The number of nitrogens with one attached hydrogen (secondary N) is 1. The normalized spacial score (nSPS) is 18.5. The van der Waals surface area contributed by atoms with Crippen LogP contribution in [-0.4, -0.2) is 85.0 Å². The quantitative estimate of drug-likeness (QED) is 0.380. The predicted molar refractivity (Wildman–Crippen MR) is 167 cm³/mol. The van der Waals surface area contributed by atoms with Crippen molar-refractivity contribution in [1.29, 1.82) is 5.26 Å². The molecule has 252 valence electrons. The fraction of sp³-hybridized carbons (Fsp3) is 0.364. The molecule has 1 aromatic heterocycles. The summed E-state index contributed by atoms with van der Waals surface area (Å²) in [5.74, 6) is -1.97. The first-order valence-electron chi connectivity index (χ1n) is 15.1. The van der Waals surface area contributed by atoms with E-state index in [2.05, 4.69) is 10.3 Å². The summed E-state index contributed by atoms with van der Waals surface area (Å²) in [7, 11) is 2.99. The molecule has 0 spiro atoms. The highest BCUT2D eigenvalue weighted by atomic mass is 19.4. The van der Waals surface area contributed by atoms with E-state index in [1.807, 2.05) is 18.2 Å². The van der Waals surface area contributed by atoms with E-state index >= 15 is 4.39 Å². The van der Waals surface area contributed by atoms with Crippen molar-refractivity contribution >= 4 is 35.1 Å². The van der Waals surface area contributed by atoms with Gasteiger partial charge in [-0.05, 0) is 37.1 Å². The number of alkyl halides is 3. The number of pyridine rings is 1. The molecule has 0 radical (unpaired) electrons. The SMILES string of the molecule is Cc1cc(C(F)(F)F)c(C#N)c(N[C@H]2CCN(CC3CN(C(=O)OCc4ccccc4)CC(=O)N3C)c3c(F)cccc3N(C)C2=O)n1. The number of rotatable bonds is 6. The number of hydrogen-bond donors (Lipinski definition) is 1. The van der Waals surface area contributed by atoms with Crippen molar-refractivity contribution in [1.82, 2.24) is 14.8 Å². The average Bonchev–Trinajstić information content (AvgIpc) is 3.05. The highest BCUT2D eigenvalue weighted by Crippen LogP contribution is 2.37. The Labute approximate surface area is 274 Å². The minimum absolute atomic E-state index is 0.0120. The lowest BCUT2D eigenvalue weighted by Crippen LogP contribution is -2.60. The van der Waals surface area contributed by atoms with Gasteiger partial charge in [0.1, 0.15) is 42.5 Å². The Hall–Kier alpha value is -5.39. The summed E-state index contributed by atoms with van der Waals surface area (Å²) in [6.45, 7) is 1.28. The van der Waals surface area contributed by atoms with Crippen LogP contribution in [0.5, 0.6) is 0 Å². The standard InChI is InChI=1S/C33H33F4N7O4/c1-20-14-24(33(35,36)37)23(15-38)30(39-20)40-26-12-13-43(29-25(34)10-7-11-27(29)42(3)31(26)46)16-22-17-44(18-28(45)41(22)2)32(47)48-19-21-8-5-4-6-9-21/h4-11,14,22,26H,12-13,16-19H2,1-3H3,(H,39,40)/t22?,26-/m0/s1. The maximum Gasteiger partial charge on any atom is 0.417 e. The number of benzene rings is 2. The first kappa shape index (κ1) is 34.0. The van der Waals surface area contributed by atoms with Crippen LogP contribution in [0.4, 0.5) is 39.5 Å². The monoisotopic (exact) mass is 667 g/mol. The highest BCUT2D eigenvalue weighted by molar-refractivity contribution is 6.01. The first-order chi connectivity index (χ1) is 22.8. The fourth-order valence-electron chi connectivity index (χ4n) is 5.86. The summed E-state index contributed by atoms with van der Waals surface area (Å²) in [5, 5.41) is 12.4. The molecule has 48 heavy (non-hydrogen) atoms. The lowest BCUT2D eigenvalue weighted by Gasteiger charge is -2.43. The molecule has 0 bridgehead atoms. The third-order valence-electron chi connectivity index (χ3n) is 8.43. The number of carbonyl (C=O) groups excluding carboxylic acids is 3. The molecule has 3 amide bonds. The maximum atomic E-state index is 15.6. The average molecular weight is 668 g/mol. The number of piperazine rings is 1. The minimum Gasteiger partial charge on any atom is -0.445 e.